The zero-order chi connectivity index (χ0) is 22.2. The minimum Gasteiger partial charge on any atom is -0.357 e. The summed E-state index contributed by atoms with van der Waals surface area (Å²) in [5.41, 5.74) is -1.37. The molecule has 2 heterocycles. The van der Waals surface area contributed by atoms with Crippen LogP contribution in [-0.2, 0) is 18.9 Å². The van der Waals surface area contributed by atoms with Crippen LogP contribution >= 0.6 is 0 Å². The molecule has 0 saturated carbocycles. The fourth-order valence-corrected chi connectivity index (χ4v) is 2.92. The molecule has 2 aromatic heterocycles. The third-order valence-corrected chi connectivity index (χ3v) is 4.60. The van der Waals surface area contributed by atoms with Crippen molar-refractivity contribution in [1.82, 2.24) is 24.8 Å². The zero-order valence-corrected chi connectivity index (χ0v) is 16.2. The number of carbonyl (C=O) groups excluding carboxylic acids is 2. The van der Waals surface area contributed by atoms with Gasteiger partial charge in [0, 0.05) is 21.1 Å². The first-order valence-corrected chi connectivity index (χ1v) is 8.70. The molecule has 3 aromatic rings. The van der Waals surface area contributed by atoms with Crippen molar-refractivity contribution in [2.24, 2.45) is 14.1 Å². The van der Waals surface area contributed by atoms with Crippen molar-refractivity contribution in [3.05, 3.63) is 74.1 Å². The number of benzene rings is 1. The summed E-state index contributed by atoms with van der Waals surface area (Å²) in [6.07, 6.45) is 0. The van der Waals surface area contributed by atoms with Crippen LogP contribution in [0.5, 0.6) is 0 Å². The SMILES string of the molecule is CNC(=O)C(NC(=O)c1ccc2c(=O)n(C)c(=O)n(C)c2n1)c1ccc(F)c(F)c1. The van der Waals surface area contributed by atoms with E-state index in [2.05, 4.69) is 15.6 Å². The lowest BCUT2D eigenvalue weighted by atomic mass is 10.1. The van der Waals surface area contributed by atoms with Gasteiger partial charge in [-0.15, -0.1) is 0 Å². The summed E-state index contributed by atoms with van der Waals surface area (Å²) >= 11 is 0. The lowest BCUT2D eigenvalue weighted by Crippen LogP contribution is -2.40. The van der Waals surface area contributed by atoms with E-state index in [0.717, 1.165) is 21.3 Å². The third kappa shape index (κ3) is 3.56. The van der Waals surface area contributed by atoms with E-state index in [9.17, 15) is 28.0 Å². The highest BCUT2D eigenvalue weighted by molar-refractivity contribution is 5.97. The van der Waals surface area contributed by atoms with Crippen molar-refractivity contribution in [3.63, 3.8) is 0 Å². The quantitative estimate of drug-likeness (QED) is 0.626. The van der Waals surface area contributed by atoms with Gasteiger partial charge in [0.05, 0.1) is 5.39 Å². The van der Waals surface area contributed by atoms with Gasteiger partial charge in [-0.05, 0) is 29.8 Å². The van der Waals surface area contributed by atoms with E-state index in [1.54, 1.807) is 0 Å². The minimum absolute atomic E-state index is 0.0138. The Hall–Kier alpha value is -3.89. The smallest absolute Gasteiger partial charge is 0.332 e. The van der Waals surface area contributed by atoms with Crippen LogP contribution in [0, 0.1) is 11.6 Å². The van der Waals surface area contributed by atoms with Crippen LogP contribution in [0.2, 0.25) is 0 Å². The first kappa shape index (κ1) is 20.8. The number of rotatable bonds is 4. The number of aryl methyl sites for hydroxylation is 1. The molecule has 0 spiro atoms. The number of aromatic nitrogens is 3. The van der Waals surface area contributed by atoms with E-state index in [1.165, 1.54) is 39.3 Å². The maximum Gasteiger partial charge on any atom is 0.332 e. The van der Waals surface area contributed by atoms with Gasteiger partial charge in [0.25, 0.3) is 11.5 Å². The largest absolute Gasteiger partial charge is 0.357 e. The van der Waals surface area contributed by atoms with Crippen molar-refractivity contribution in [2.75, 3.05) is 7.05 Å². The first-order valence-electron chi connectivity index (χ1n) is 8.70. The number of hydrogen-bond acceptors (Lipinski definition) is 5. The predicted molar refractivity (Wildman–Crippen MR) is 103 cm³/mol. The Labute approximate surface area is 168 Å². The Morgan fingerprint density at radius 3 is 2.37 bits per heavy atom. The van der Waals surface area contributed by atoms with Gasteiger partial charge in [0.15, 0.2) is 11.6 Å². The standard InChI is InChI=1S/C19H17F2N5O4/c1-22-17(28)14(9-4-6-11(20)12(21)8-9)24-16(27)13-7-5-10-15(23-13)25(2)19(30)26(3)18(10)29/h4-8,14H,1-3H3,(H,22,28)(H,24,27). The number of hydrogen-bond donors (Lipinski definition) is 2. The second kappa shape index (κ2) is 7.85. The number of nitrogens with zero attached hydrogens (tertiary/aromatic N) is 3. The molecule has 11 heteroatoms. The number of fused-ring (bicyclic) bond motifs is 1. The molecule has 0 bridgehead atoms. The Morgan fingerprint density at radius 2 is 1.73 bits per heavy atom. The van der Waals surface area contributed by atoms with E-state index < -0.39 is 40.7 Å². The van der Waals surface area contributed by atoms with Crippen molar-refractivity contribution in [2.45, 2.75) is 6.04 Å². The fraction of sp³-hybridized carbons (Fsp3) is 0.211. The second-order valence-corrected chi connectivity index (χ2v) is 6.47. The van der Waals surface area contributed by atoms with Gasteiger partial charge >= 0.3 is 5.69 Å². The molecular formula is C19H17F2N5O4. The second-order valence-electron chi connectivity index (χ2n) is 6.47. The van der Waals surface area contributed by atoms with Gasteiger partial charge in [0.1, 0.15) is 17.4 Å². The van der Waals surface area contributed by atoms with E-state index in [-0.39, 0.29) is 22.3 Å². The monoisotopic (exact) mass is 417 g/mol. The number of nitrogens with one attached hydrogen (secondary N) is 2. The average Bonchev–Trinajstić information content (AvgIpc) is 2.75. The number of pyridine rings is 1. The molecule has 0 aliphatic rings. The van der Waals surface area contributed by atoms with E-state index in [1.807, 2.05) is 0 Å². The molecule has 0 fully saturated rings. The Morgan fingerprint density at radius 1 is 1.03 bits per heavy atom. The Bertz CT molecular complexity index is 1300. The van der Waals surface area contributed by atoms with E-state index in [4.69, 9.17) is 0 Å². The molecule has 0 aliphatic carbocycles. The van der Waals surface area contributed by atoms with Gasteiger partial charge in [-0.2, -0.15) is 0 Å². The van der Waals surface area contributed by atoms with E-state index in [0.29, 0.717) is 0 Å². The summed E-state index contributed by atoms with van der Waals surface area (Å²) in [6, 6.07) is 4.08. The maximum atomic E-state index is 13.6. The summed E-state index contributed by atoms with van der Waals surface area (Å²) in [4.78, 5) is 53.3. The molecule has 156 valence electrons. The highest BCUT2D eigenvalue weighted by Gasteiger charge is 2.24. The summed E-state index contributed by atoms with van der Waals surface area (Å²) in [6.45, 7) is 0. The summed E-state index contributed by atoms with van der Waals surface area (Å²) < 4.78 is 28.8. The van der Waals surface area contributed by atoms with Crippen LogP contribution < -0.4 is 21.9 Å². The fourth-order valence-electron chi connectivity index (χ4n) is 2.92. The van der Waals surface area contributed by atoms with Crippen molar-refractivity contribution >= 4 is 22.8 Å². The van der Waals surface area contributed by atoms with Crippen LogP contribution in [-0.4, -0.2) is 33.0 Å². The Kier molecular flexibility index (Phi) is 5.45. The highest BCUT2D eigenvalue weighted by atomic mass is 19.2. The lowest BCUT2D eigenvalue weighted by Gasteiger charge is -2.18. The van der Waals surface area contributed by atoms with Crippen LogP contribution in [0.25, 0.3) is 11.0 Å². The van der Waals surface area contributed by atoms with Gasteiger partial charge in [-0.3, -0.25) is 23.5 Å². The number of likely N-dealkylation sites (N-methyl/N-ethyl adjacent to an activating group) is 1. The lowest BCUT2D eigenvalue weighted by molar-refractivity contribution is -0.122. The van der Waals surface area contributed by atoms with E-state index >= 15 is 0 Å². The molecule has 2 amide bonds. The molecule has 9 nitrogen and oxygen atoms in total. The molecule has 0 saturated heterocycles. The molecule has 1 aromatic carbocycles. The topological polar surface area (TPSA) is 115 Å². The predicted octanol–water partition coefficient (Wildman–Crippen LogP) is 0.127. The van der Waals surface area contributed by atoms with Crippen LogP contribution in [0.15, 0.2) is 39.9 Å². The molecule has 0 radical (unpaired) electrons. The van der Waals surface area contributed by atoms with Gasteiger partial charge in [-0.1, -0.05) is 6.07 Å². The van der Waals surface area contributed by atoms with Crippen LogP contribution in [0.4, 0.5) is 8.78 Å². The normalized spacial score (nSPS) is 11.9. The van der Waals surface area contributed by atoms with Crippen molar-refractivity contribution in [3.8, 4) is 0 Å². The van der Waals surface area contributed by atoms with Gasteiger partial charge in [0.2, 0.25) is 5.91 Å². The average molecular weight is 417 g/mol. The molecule has 3 rings (SSSR count). The summed E-state index contributed by atoms with van der Waals surface area (Å²) in [5, 5.41) is 4.86. The van der Waals surface area contributed by atoms with Crippen molar-refractivity contribution in [1.29, 1.82) is 0 Å². The summed E-state index contributed by atoms with van der Waals surface area (Å²) in [5.74, 6) is -3.76. The van der Waals surface area contributed by atoms with Crippen molar-refractivity contribution < 1.29 is 18.4 Å². The molecule has 0 aliphatic heterocycles. The van der Waals surface area contributed by atoms with Gasteiger partial charge < -0.3 is 10.6 Å². The first-order chi connectivity index (χ1) is 14.1. The molecular weight excluding hydrogens is 400 g/mol. The highest BCUT2D eigenvalue weighted by Crippen LogP contribution is 2.18. The molecule has 1 atom stereocenters. The summed E-state index contributed by atoms with van der Waals surface area (Å²) in [7, 11) is 4.04. The number of carbonyl (C=O) groups is 2. The van der Waals surface area contributed by atoms with Crippen LogP contribution in [0.1, 0.15) is 22.1 Å². The maximum absolute atomic E-state index is 13.6. The molecule has 2 N–H and O–H groups in total. The molecule has 1 unspecified atom stereocenters. The number of amides is 2. The zero-order valence-electron chi connectivity index (χ0n) is 16.2. The minimum atomic E-state index is -1.33. The third-order valence-electron chi connectivity index (χ3n) is 4.60. The van der Waals surface area contributed by atoms with Gasteiger partial charge in [-0.25, -0.2) is 18.6 Å². The molecule has 30 heavy (non-hydrogen) atoms. The number of halogens is 2. The van der Waals surface area contributed by atoms with Crippen LogP contribution in [0.3, 0.4) is 0 Å². The Balaban J connectivity index is 2.03.